The zero-order valence-electron chi connectivity index (χ0n) is 16.7. The van der Waals surface area contributed by atoms with Gasteiger partial charge < -0.3 is 14.9 Å². The molecule has 5 nitrogen and oxygen atoms in total. The molecule has 0 aromatic rings. The monoisotopic (exact) mass is 394 g/mol. The van der Waals surface area contributed by atoms with Crippen LogP contribution in [0, 0.1) is 0 Å². The Hall–Kier alpha value is 0.0700. The molecule has 0 fully saturated rings. The van der Waals surface area contributed by atoms with Gasteiger partial charge in [-0.2, -0.15) is 0 Å². The summed E-state index contributed by atoms with van der Waals surface area (Å²) in [7, 11) is -4.27. The summed E-state index contributed by atoms with van der Waals surface area (Å²) in [4.78, 5) is 17.1. The molecule has 0 atom stereocenters. The third-order valence-electron chi connectivity index (χ3n) is 4.81. The molecule has 158 valence electrons. The summed E-state index contributed by atoms with van der Waals surface area (Å²) in [6.45, 7) is 0.505. The Kier molecular flexibility index (Phi) is 19.9. The van der Waals surface area contributed by atoms with E-state index in [0.29, 0.717) is 6.61 Å². The van der Waals surface area contributed by atoms with Gasteiger partial charge in [0.15, 0.2) is 0 Å². The van der Waals surface area contributed by atoms with Gasteiger partial charge in [0.2, 0.25) is 0 Å². The molecule has 0 saturated heterocycles. The molecular weight excluding hydrogens is 351 g/mol. The topological polar surface area (TPSA) is 87.0 Å². The second kappa shape index (κ2) is 19.8. The van der Waals surface area contributed by atoms with E-state index >= 15 is 0 Å². The van der Waals surface area contributed by atoms with Crippen LogP contribution in [0.4, 0.5) is 0 Å². The Bertz CT molecular complexity index is 319. The first-order valence-corrected chi connectivity index (χ1v) is 12.4. The first kappa shape index (κ1) is 26.1. The normalized spacial score (nSPS) is 12.0. The van der Waals surface area contributed by atoms with Crippen molar-refractivity contribution in [3.63, 3.8) is 0 Å². The van der Waals surface area contributed by atoms with Crippen molar-refractivity contribution in [3.05, 3.63) is 0 Å². The largest absolute Gasteiger partial charge is 0.469 e. The smallest absolute Gasteiger partial charge is 0.396 e. The average molecular weight is 395 g/mol. The lowest BCUT2D eigenvalue weighted by Gasteiger charge is -2.05. The van der Waals surface area contributed by atoms with E-state index in [4.69, 9.17) is 14.9 Å². The molecule has 0 unspecified atom stereocenters. The molecule has 0 aromatic heterocycles. The van der Waals surface area contributed by atoms with Crippen molar-refractivity contribution in [2.75, 3.05) is 13.2 Å². The molecule has 6 heteroatoms. The van der Waals surface area contributed by atoms with Crippen LogP contribution in [0.1, 0.15) is 116 Å². The van der Waals surface area contributed by atoms with Crippen LogP contribution >= 0.6 is 7.82 Å². The molecule has 0 aromatic carbocycles. The van der Waals surface area contributed by atoms with Gasteiger partial charge in [0.25, 0.3) is 0 Å². The number of aliphatic hydroxyl groups is 1. The minimum Gasteiger partial charge on any atom is -0.396 e. The minimum atomic E-state index is -4.27. The summed E-state index contributed by atoms with van der Waals surface area (Å²) in [5, 5.41) is 8.71. The van der Waals surface area contributed by atoms with Gasteiger partial charge in [-0.25, -0.2) is 4.57 Å². The number of hydrogen-bond acceptors (Lipinski definition) is 3. The molecule has 0 spiro atoms. The fourth-order valence-corrected chi connectivity index (χ4v) is 3.59. The Morgan fingerprint density at radius 3 is 1.04 bits per heavy atom. The predicted octanol–water partition coefficient (Wildman–Crippen LogP) is 6.11. The Balaban J connectivity index is 3.02. The van der Waals surface area contributed by atoms with Crippen LogP contribution in [0.15, 0.2) is 0 Å². The first-order chi connectivity index (χ1) is 12.6. The van der Waals surface area contributed by atoms with Crippen molar-refractivity contribution >= 4 is 7.82 Å². The van der Waals surface area contributed by atoms with Crippen LogP contribution in [-0.4, -0.2) is 28.1 Å². The summed E-state index contributed by atoms with van der Waals surface area (Å²) >= 11 is 0. The third kappa shape index (κ3) is 24.1. The Labute approximate surface area is 161 Å². The fourth-order valence-electron chi connectivity index (χ4n) is 3.23. The van der Waals surface area contributed by atoms with Crippen LogP contribution in [0.5, 0.6) is 0 Å². The van der Waals surface area contributed by atoms with Crippen molar-refractivity contribution in [1.82, 2.24) is 0 Å². The molecule has 0 aliphatic heterocycles. The summed E-state index contributed by atoms with van der Waals surface area (Å²) < 4.78 is 14.9. The van der Waals surface area contributed by atoms with E-state index in [1.807, 2.05) is 0 Å². The molecule has 0 bridgehead atoms. The molecule has 3 N–H and O–H groups in total. The number of unbranched alkanes of at least 4 members (excludes halogenated alkanes) is 17. The van der Waals surface area contributed by atoms with Crippen LogP contribution in [0.2, 0.25) is 0 Å². The zero-order chi connectivity index (χ0) is 19.3. The third-order valence-corrected chi connectivity index (χ3v) is 5.33. The van der Waals surface area contributed by atoms with E-state index in [0.717, 1.165) is 25.7 Å². The molecule has 0 saturated carbocycles. The highest BCUT2D eigenvalue weighted by molar-refractivity contribution is 7.46. The van der Waals surface area contributed by atoms with E-state index < -0.39 is 7.82 Å². The zero-order valence-corrected chi connectivity index (χ0v) is 17.6. The van der Waals surface area contributed by atoms with Crippen molar-refractivity contribution in [2.24, 2.45) is 0 Å². The minimum absolute atomic E-state index is 0.161. The van der Waals surface area contributed by atoms with Gasteiger partial charge in [-0.1, -0.05) is 103 Å². The second-order valence-electron chi connectivity index (χ2n) is 7.41. The molecule has 0 rings (SSSR count). The number of rotatable bonds is 21. The fraction of sp³-hybridized carbons (Fsp3) is 1.00. The average Bonchev–Trinajstić information content (AvgIpc) is 2.59. The molecule has 0 aliphatic rings. The number of hydrogen-bond donors (Lipinski definition) is 3. The van der Waals surface area contributed by atoms with Gasteiger partial charge in [-0.3, -0.25) is 4.52 Å². The molecule has 0 radical (unpaired) electrons. The number of aliphatic hydroxyl groups excluding tert-OH is 1. The molecule has 26 heavy (non-hydrogen) atoms. The van der Waals surface area contributed by atoms with Gasteiger partial charge in [0.05, 0.1) is 6.61 Å². The maximum absolute atomic E-state index is 10.5. The summed E-state index contributed by atoms with van der Waals surface area (Å²) in [6.07, 6.45) is 22.3. The molecule has 0 heterocycles. The lowest BCUT2D eigenvalue weighted by Crippen LogP contribution is -1.92. The highest BCUT2D eigenvalue weighted by Crippen LogP contribution is 2.35. The predicted molar refractivity (Wildman–Crippen MR) is 108 cm³/mol. The van der Waals surface area contributed by atoms with E-state index in [1.54, 1.807) is 0 Å². The van der Waals surface area contributed by atoms with Gasteiger partial charge in [0, 0.05) is 6.61 Å². The van der Waals surface area contributed by atoms with Crippen LogP contribution in [0.25, 0.3) is 0 Å². The highest BCUT2D eigenvalue weighted by Gasteiger charge is 2.12. The summed E-state index contributed by atoms with van der Waals surface area (Å²) in [5.74, 6) is 0. The van der Waals surface area contributed by atoms with Crippen LogP contribution in [-0.2, 0) is 9.09 Å². The number of phosphoric acid groups is 1. The standard InChI is InChI=1S/C20H43O5P/c21-19-17-15-13-11-9-7-5-3-1-2-4-6-8-10-12-14-16-18-20-25-26(22,23)24/h21H,1-20H2,(H2,22,23,24). The first-order valence-electron chi connectivity index (χ1n) is 10.9. The van der Waals surface area contributed by atoms with E-state index in [-0.39, 0.29) is 6.61 Å². The second-order valence-corrected chi connectivity index (χ2v) is 8.65. The van der Waals surface area contributed by atoms with Crippen molar-refractivity contribution in [1.29, 1.82) is 0 Å². The quantitative estimate of drug-likeness (QED) is 0.161. The van der Waals surface area contributed by atoms with E-state index in [1.165, 1.54) is 89.9 Å². The van der Waals surface area contributed by atoms with Gasteiger partial charge in [0.1, 0.15) is 0 Å². The van der Waals surface area contributed by atoms with Crippen molar-refractivity contribution in [2.45, 2.75) is 116 Å². The summed E-state index contributed by atoms with van der Waals surface area (Å²) in [6, 6.07) is 0. The van der Waals surface area contributed by atoms with E-state index in [2.05, 4.69) is 4.52 Å². The summed E-state index contributed by atoms with van der Waals surface area (Å²) in [5.41, 5.74) is 0. The maximum Gasteiger partial charge on any atom is 0.469 e. The maximum atomic E-state index is 10.5. The molecule has 0 amide bonds. The van der Waals surface area contributed by atoms with E-state index in [9.17, 15) is 4.57 Å². The lowest BCUT2D eigenvalue weighted by atomic mass is 10.0. The van der Waals surface area contributed by atoms with Gasteiger partial charge in [-0.15, -0.1) is 0 Å². The van der Waals surface area contributed by atoms with Crippen LogP contribution < -0.4 is 0 Å². The van der Waals surface area contributed by atoms with Crippen molar-refractivity contribution in [3.8, 4) is 0 Å². The highest BCUT2D eigenvalue weighted by atomic mass is 31.2. The molecular formula is C20H43O5P. The van der Waals surface area contributed by atoms with Crippen molar-refractivity contribution < 1.29 is 24.0 Å². The lowest BCUT2D eigenvalue weighted by molar-refractivity contribution is 0.193. The number of phosphoric ester groups is 1. The Morgan fingerprint density at radius 2 is 0.769 bits per heavy atom. The van der Waals surface area contributed by atoms with Gasteiger partial charge in [-0.05, 0) is 12.8 Å². The van der Waals surface area contributed by atoms with Gasteiger partial charge >= 0.3 is 7.82 Å². The van der Waals surface area contributed by atoms with Crippen LogP contribution in [0.3, 0.4) is 0 Å². The Morgan fingerprint density at radius 1 is 0.500 bits per heavy atom. The molecule has 0 aliphatic carbocycles. The SMILES string of the molecule is O=P(O)(O)OCCCCCCCCCCCCCCCCCCCCO.